The normalized spacial score (nSPS) is 33.8. The summed E-state index contributed by atoms with van der Waals surface area (Å²) in [5, 5.41) is 3.46. The molecule has 0 radical (unpaired) electrons. The number of hydrogen-bond acceptors (Lipinski definition) is 2. The van der Waals surface area contributed by atoms with Crippen LogP contribution in [-0.4, -0.2) is 29.9 Å². The van der Waals surface area contributed by atoms with Crippen molar-refractivity contribution in [2.45, 2.75) is 75.8 Å². The first kappa shape index (κ1) is 21.4. The van der Waals surface area contributed by atoms with Gasteiger partial charge < -0.3 is 5.32 Å². The zero-order valence-electron chi connectivity index (χ0n) is 19.8. The molecule has 4 aliphatic carbocycles. The number of piperidine rings is 1. The van der Waals surface area contributed by atoms with Gasteiger partial charge in [-0.25, -0.2) is 0 Å². The number of carbonyl (C=O) groups excluding carboxylic acids is 1. The minimum atomic E-state index is 0.234. The van der Waals surface area contributed by atoms with Crippen LogP contribution in [0.1, 0.15) is 68.9 Å². The molecule has 7 rings (SSSR count). The maximum atomic E-state index is 13.3. The van der Waals surface area contributed by atoms with Gasteiger partial charge >= 0.3 is 0 Å². The molecule has 1 heterocycles. The topological polar surface area (TPSA) is 32.3 Å². The standard InChI is InChI=1S/C30H38N2O/c33-28(31-27-11-13-32(14-12-27)21-23-7-3-1-4-8-23)20-29-16-24-15-25(17-29)19-30(18-24,22-29)26-9-5-2-6-10-26/h1-10,24-25,27H,11-22H2,(H,31,33). The Morgan fingerprint density at radius 1 is 0.879 bits per heavy atom. The largest absolute Gasteiger partial charge is 0.353 e. The lowest BCUT2D eigenvalue weighted by atomic mass is 9.42. The van der Waals surface area contributed by atoms with Gasteiger partial charge in [0.25, 0.3) is 0 Å². The third-order valence-corrected chi connectivity index (χ3v) is 9.31. The van der Waals surface area contributed by atoms with E-state index >= 15 is 0 Å². The Hall–Kier alpha value is -2.13. The van der Waals surface area contributed by atoms with Crippen molar-refractivity contribution in [3.8, 4) is 0 Å². The Morgan fingerprint density at radius 3 is 2.18 bits per heavy atom. The number of likely N-dealkylation sites (tertiary alicyclic amines) is 1. The van der Waals surface area contributed by atoms with Crippen LogP contribution in [0.4, 0.5) is 0 Å². The van der Waals surface area contributed by atoms with E-state index in [9.17, 15) is 4.79 Å². The molecule has 4 saturated carbocycles. The molecule has 3 nitrogen and oxygen atoms in total. The summed E-state index contributed by atoms with van der Waals surface area (Å²) in [6, 6.07) is 22.3. The number of hydrogen-bond donors (Lipinski definition) is 1. The van der Waals surface area contributed by atoms with E-state index in [2.05, 4.69) is 70.9 Å². The number of rotatable bonds is 6. The van der Waals surface area contributed by atoms with E-state index in [4.69, 9.17) is 0 Å². The number of amides is 1. The van der Waals surface area contributed by atoms with Crippen LogP contribution in [0.15, 0.2) is 60.7 Å². The Bertz CT molecular complexity index is 949. The summed E-state index contributed by atoms with van der Waals surface area (Å²) in [5.74, 6) is 1.96. The van der Waals surface area contributed by atoms with Crippen molar-refractivity contribution < 1.29 is 4.79 Å². The molecular formula is C30H38N2O. The van der Waals surface area contributed by atoms with E-state index in [0.29, 0.717) is 17.4 Å². The van der Waals surface area contributed by atoms with Crippen molar-refractivity contribution in [1.29, 1.82) is 0 Å². The quantitative estimate of drug-likeness (QED) is 0.623. The highest BCUT2D eigenvalue weighted by molar-refractivity contribution is 5.77. The fourth-order valence-electron chi connectivity index (χ4n) is 8.48. The molecule has 4 bridgehead atoms. The number of carbonyl (C=O) groups is 1. The molecule has 1 saturated heterocycles. The number of nitrogens with one attached hydrogen (secondary N) is 1. The second-order valence-electron chi connectivity index (χ2n) is 11.9. The van der Waals surface area contributed by atoms with Crippen molar-refractivity contribution in [3.63, 3.8) is 0 Å². The summed E-state index contributed by atoms with van der Waals surface area (Å²) in [5.41, 5.74) is 3.48. The molecule has 2 unspecified atom stereocenters. The van der Waals surface area contributed by atoms with Crippen molar-refractivity contribution in [3.05, 3.63) is 71.8 Å². The minimum Gasteiger partial charge on any atom is -0.353 e. The fraction of sp³-hybridized carbons (Fsp3) is 0.567. The van der Waals surface area contributed by atoms with Gasteiger partial charge in [-0.15, -0.1) is 0 Å². The molecule has 1 aliphatic heterocycles. The molecule has 2 aromatic rings. The molecule has 5 aliphatic rings. The predicted octanol–water partition coefficient (Wildman–Crippen LogP) is 5.70. The van der Waals surface area contributed by atoms with E-state index in [1.165, 1.54) is 49.7 Å². The smallest absolute Gasteiger partial charge is 0.220 e. The lowest BCUT2D eigenvalue weighted by Crippen LogP contribution is -2.55. The van der Waals surface area contributed by atoms with Gasteiger partial charge in [-0.2, -0.15) is 0 Å². The molecular weight excluding hydrogens is 404 g/mol. The van der Waals surface area contributed by atoms with E-state index in [1.54, 1.807) is 0 Å². The zero-order valence-corrected chi connectivity index (χ0v) is 19.8. The van der Waals surface area contributed by atoms with Crippen molar-refractivity contribution in [1.82, 2.24) is 10.2 Å². The summed E-state index contributed by atoms with van der Waals surface area (Å²) in [6.45, 7) is 3.17. The van der Waals surface area contributed by atoms with Crippen LogP contribution in [0.3, 0.4) is 0 Å². The lowest BCUT2D eigenvalue weighted by Gasteiger charge is -2.62. The van der Waals surface area contributed by atoms with Gasteiger partial charge in [0, 0.05) is 32.1 Å². The van der Waals surface area contributed by atoms with Crippen LogP contribution in [0, 0.1) is 17.3 Å². The first-order valence-corrected chi connectivity index (χ1v) is 13.2. The molecule has 1 amide bonds. The fourth-order valence-corrected chi connectivity index (χ4v) is 8.48. The molecule has 2 aromatic carbocycles. The van der Waals surface area contributed by atoms with Crippen LogP contribution >= 0.6 is 0 Å². The van der Waals surface area contributed by atoms with E-state index in [1.807, 2.05) is 0 Å². The van der Waals surface area contributed by atoms with E-state index in [0.717, 1.165) is 50.7 Å². The molecule has 33 heavy (non-hydrogen) atoms. The lowest BCUT2D eigenvalue weighted by molar-refractivity contribution is -0.132. The highest BCUT2D eigenvalue weighted by Crippen LogP contribution is 2.66. The van der Waals surface area contributed by atoms with Gasteiger partial charge in [-0.3, -0.25) is 9.69 Å². The van der Waals surface area contributed by atoms with Crippen LogP contribution in [0.25, 0.3) is 0 Å². The predicted molar refractivity (Wildman–Crippen MR) is 133 cm³/mol. The second-order valence-corrected chi connectivity index (χ2v) is 11.9. The van der Waals surface area contributed by atoms with Gasteiger partial charge in [-0.1, -0.05) is 60.7 Å². The molecule has 0 aromatic heterocycles. The summed E-state index contributed by atoms with van der Waals surface area (Å²) in [7, 11) is 0. The van der Waals surface area contributed by atoms with Crippen LogP contribution in [0.2, 0.25) is 0 Å². The van der Waals surface area contributed by atoms with E-state index < -0.39 is 0 Å². The third kappa shape index (κ3) is 4.37. The van der Waals surface area contributed by atoms with Crippen molar-refractivity contribution in [2.75, 3.05) is 13.1 Å². The molecule has 3 heteroatoms. The minimum absolute atomic E-state index is 0.234. The average molecular weight is 443 g/mol. The summed E-state index contributed by atoms with van der Waals surface area (Å²) >= 11 is 0. The maximum Gasteiger partial charge on any atom is 0.220 e. The molecule has 0 spiro atoms. The highest BCUT2D eigenvalue weighted by atomic mass is 16.1. The number of nitrogens with zero attached hydrogens (tertiary/aromatic N) is 1. The first-order chi connectivity index (χ1) is 16.1. The molecule has 2 atom stereocenters. The third-order valence-electron chi connectivity index (χ3n) is 9.31. The van der Waals surface area contributed by atoms with Crippen LogP contribution in [0.5, 0.6) is 0 Å². The Kier molecular flexibility index (Phi) is 5.57. The van der Waals surface area contributed by atoms with Gasteiger partial charge in [0.2, 0.25) is 5.91 Å². The average Bonchev–Trinajstić information content (AvgIpc) is 2.80. The Balaban J connectivity index is 1.06. The zero-order chi connectivity index (χ0) is 22.3. The SMILES string of the molecule is O=C(CC12CC3CC(C1)CC(c1ccccc1)(C3)C2)NC1CCN(Cc2ccccc2)CC1. The van der Waals surface area contributed by atoms with Gasteiger partial charge in [0.05, 0.1) is 0 Å². The monoisotopic (exact) mass is 442 g/mol. The second kappa shape index (κ2) is 8.58. The molecule has 5 fully saturated rings. The maximum absolute atomic E-state index is 13.3. The summed E-state index contributed by atoms with van der Waals surface area (Å²) in [4.78, 5) is 15.8. The van der Waals surface area contributed by atoms with Crippen LogP contribution in [-0.2, 0) is 16.8 Å². The van der Waals surface area contributed by atoms with Gasteiger partial charge in [0.15, 0.2) is 0 Å². The van der Waals surface area contributed by atoms with Crippen molar-refractivity contribution >= 4 is 5.91 Å². The van der Waals surface area contributed by atoms with Gasteiger partial charge in [-0.05, 0) is 85.2 Å². The Morgan fingerprint density at radius 2 is 1.52 bits per heavy atom. The summed E-state index contributed by atoms with van der Waals surface area (Å²) in [6.07, 6.45) is 10.8. The molecule has 174 valence electrons. The van der Waals surface area contributed by atoms with E-state index in [-0.39, 0.29) is 5.41 Å². The first-order valence-electron chi connectivity index (χ1n) is 13.2. The molecule has 1 N–H and O–H groups in total. The van der Waals surface area contributed by atoms with Gasteiger partial charge in [0.1, 0.15) is 0 Å². The summed E-state index contributed by atoms with van der Waals surface area (Å²) < 4.78 is 0. The van der Waals surface area contributed by atoms with Crippen molar-refractivity contribution in [2.24, 2.45) is 17.3 Å². The Labute approximate surface area is 199 Å². The number of benzene rings is 2. The highest BCUT2D eigenvalue weighted by Gasteiger charge is 2.58. The van der Waals surface area contributed by atoms with Crippen LogP contribution < -0.4 is 5.32 Å².